The van der Waals surface area contributed by atoms with Crippen molar-refractivity contribution in [2.45, 2.75) is 51.5 Å². The van der Waals surface area contributed by atoms with Crippen LogP contribution in [-0.4, -0.2) is 26.8 Å². The van der Waals surface area contributed by atoms with Crippen molar-refractivity contribution in [3.63, 3.8) is 0 Å². The van der Waals surface area contributed by atoms with Gasteiger partial charge in [-0.25, -0.2) is 8.42 Å². The third-order valence-corrected chi connectivity index (χ3v) is 5.25. The number of rotatable bonds is 7. The van der Waals surface area contributed by atoms with Crippen LogP contribution in [0.3, 0.4) is 0 Å². The minimum Gasteiger partial charge on any atom is -0.313 e. The Labute approximate surface area is 117 Å². The molecule has 1 aromatic rings. The zero-order valence-electron chi connectivity index (χ0n) is 12.4. The Balaban J connectivity index is 2.87. The predicted octanol–water partition coefficient (Wildman–Crippen LogP) is 2.86. The van der Waals surface area contributed by atoms with E-state index < -0.39 is 9.84 Å². The molecule has 19 heavy (non-hydrogen) atoms. The molecule has 0 aliphatic heterocycles. The van der Waals surface area contributed by atoms with Crippen molar-refractivity contribution in [3.8, 4) is 0 Å². The van der Waals surface area contributed by atoms with Gasteiger partial charge in [-0.3, -0.25) is 0 Å². The molecule has 108 valence electrons. The van der Waals surface area contributed by atoms with E-state index in [1.165, 1.54) is 0 Å². The minimum atomic E-state index is -3.20. The van der Waals surface area contributed by atoms with E-state index >= 15 is 0 Å². The molecule has 0 bridgehead atoms. The number of nitrogens with one attached hydrogen (secondary N) is 1. The summed E-state index contributed by atoms with van der Waals surface area (Å²) in [4.78, 5) is 0.437. The summed E-state index contributed by atoms with van der Waals surface area (Å²) in [5.41, 5.74) is 2.14. The lowest BCUT2D eigenvalue weighted by molar-refractivity contribution is 0.519. The summed E-state index contributed by atoms with van der Waals surface area (Å²) in [5, 5.41) is 3.29. The van der Waals surface area contributed by atoms with Gasteiger partial charge in [-0.2, -0.15) is 0 Å². The SMILES string of the molecule is CCCNC(CC)CS(=O)(=O)c1ccc(C)c(C)c1. The van der Waals surface area contributed by atoms with Gasteiger partial charge in [0.25, 0.3) is 0 Å². The van der Waals surface area contributed by atoms with Crippen LogP contribution in [-0.2, 0) is 9.84 Å². The topological polar surface area (TPSA) is 46.2 Å². The van der Waals surface area contributed by atoms with E-state index in [1.807, 2.05) is 26.8 Å². The number of aryl methyl sites for hydroxylation is 2. The number of hydrogen-bond donors (Lipinski definition) is 1. The molecule has 1 N–H and O–H groups in total. The van der Waals surface area contributed by atoms with E-state index in [-0.39, 0.29) is 11.8 Å². The van der Waals surface area contributed by atoms with Crippen LogP contribution < -0.4 is 5.32 Å². The summed E-state index contributed by atoms with van der Waals surface area (Å²) < 4.78 is 24.8. The van der Waals surface area contributed by atoms with Crippen molar-refractivity contribution >= 4 is 9.84 Å². The number of hydrogen-bond acceptors (Lipinski definition) is 3. The van der Waals surface area contributed by atoms with Crippen LogP contribution in [0.2, 0.25) is 0 Å². The van der Waals surface area contributed by atoms with Gasteiger partial charge in [0.1, 0.15) is 0 Å². The average molecular weight is 283 g/mol. The minimum absolute atomic E-state index is 0.0339. The lowest BCUT2D eigenvalue weighted by Crippen LogP contribution is -2.35. The standard InChI is InChI=1S/C15H25NO2S/c1-5-9-16-14(6-2)11-19(17,18)15-8-7-12(3)13(4)10-15/h7-8,10,14,16H,5-6,9,11H2,1-4H3. The van der Waals surface area contributed by atoms with Crippen LogP contribution in [0.1, 0.15) is 37.8 Å². The van der Waals surface area contributed by atoms with Gasteiger partial charge in [0.05, 0.1) is 10.6 Å². The highest BCUT2D eigenvalue weighted by Crippen LogP contribution is 2.17. The van der Waals surface area contributed by atoms with Gasteiger partial charge in [0.15, 0.2) is 9.84 Å². The number of sulfone groups is 1. The fourth-order valence-corrected chi connectivity index (χ4v) is 3.65. The zero-order valence-corrected chi connectivity index (χ0v) is 13.2. The van der Waals surface area contributed by atoms with Crippen LogP contribution in [0.5, 0.6) is 0 Å². The second-order valence-electron chi connectivity index (χ2n) is 5.09. The molecule has 0 spiro atoms. The molecule has 0 amide bonds. The first-order chi connectivity index (χ1) is 8.90. The highest BCUT2D eigenvalue weighted by molar-refractivity contribution is 7.91. The van der Waals surface area contributed by atoms with Gasteiger partial charge in [-0.1, -0.05) is 19.9 Å². The maximum Gasteiger partial charge on any atom is 0.179 e. The molecule has 1 aromatic carbocycles. The van der Waals surface area contributed by atoms with Gasteiger partial charge in [-0.05, 0) is 56.5 Å². The molecule has 3 nitrogen and oxygen atoms in total. The smallest absolute Gasteiger partial charge is 0.179 e. The first-order valence-electron chi connectivity index (χ1n) is 6.94. The molecule has 1 rings (SSSR count). The summed E-state index contributed by atoms with van der Waals surface area (Å²) >= 11 is 0. The Bertz CT molecular complexity index is 509. The van der Waals surface area contributed by atoms with Crippen molar-refractivity contribution in [3.05, 3.63) is 29.3 Å². The Morgan fingerprint density at radius 1 is 1.16 bits per heavy atom. The van der Waals surface area contributed by atoms with Gasteiger partial charge in [-0.15, -0.1) is 0 Å². The molecule has 0 aliphatic rings. The molecular weight excluding hydrogens is 258 g/mol. The molecule has 4 heteroatoms. The van der Waals surface area contributed by atoms with Gasteiger partial charge < -0.3 is 5.32 Å². The Kier molecular flexibility index (Phi) is 6.01. The van der Waals surface area contributed by atoms with Crippen LogP contribution >= 0.6 is 0 Å². The average Bonchev–Trinajstić information content (AvgIpc) is 2.37. The normalized spacial score (nSPS) is 13.5. The summed E-state index contributed by atoms with van der Waals surface area (Å²) in [6.45, 7) is 8.89. The molecule has 0 saturated heterocycles. The monoisotopic (exact) mass is 283 g/mol. The van der Waals surface area contributed by atoms with Crippen LogP contribution in [0.4, 0.5) is 0 Å². The van der Waals surface area contributed by atoms with Gasteiger partial charge in [0, 0.05) is 6.04 Å². The molecule has 0 saturated carbocycles. The fraction of sp³-hybridized carbons (Fsp3) is 0.600. The highest BCUT2D eigenvalue weighted by atomic mass is 32.2. The molecule has 1 atom stereocenters. The summed E-state index contributed by atoms with van der Waals surface area (Å²) in [7, 11) is -3.20. The van der Waals surface area contributed by atoms with Crippen molar-refractivity contribution < 1.29 is 8.42 Å². The Morgan fingerprint density at radius 2 is 1.84 bits per heavy atom. The summed E-state index contributed by atoms with van der Waals surface area (Å²) in [6, 6.07) is 5.40. The second-order valence-corrected chi connectivity index (χ2v) is 7.12. The van der Waals surface area contributed by atoms with E-state index in [0.717, 1.165) is 30.5 Å². The van der Waals surface area contributed by atoms with Crippen molar-refractivity contribution in [2.75, 3.05) is 12.3 Å². The first kappa shape index (κ1) is 16.2. The van der Waals surface area contributed by atoms with E-state index in [1.54, 1.807) is 12.1 Å². The first-order valence-corrected chi connectivity index (χ1v) is 8.59. The lowest BCUT2D eigenvalue weighted by Gasteiger charge is -2.17. The molecule has 1 unspecified atom stereocenters. The molecule has 0 aliphatic carbocycles. The van der Waals surface area contributed by atoms with Crippen LogP contribution in [0.25, 0.3) is 0 Å². The second kappa shape index (κ2) is 7.06. The maximum atomic E-state index is 12.4. The van der Waals surface area contributed by atoms with E-state index in [0.29, 0.717) is 4.90 Å². The molecule has 0 heterocycles. The fourth-order valence-electron chi connectivity index (χ4n) is 1.94. The van der Waals surface area contributed by atoms with Crippen LogP contribution in [0.15, 0.2) is 23.1 Å². The van der Waals surface area contributed by atoms with Gasteiger partial charge in [0.2, 0.25) is 0 Å². The Hall–Kier alpha value is -0.870. The Morgan fingerprint density at radius 3 is 2.37 bits per heavy atom. The lowest BCUT2D eigenvalue weighted by atomic mass is 10.1. The quantitative estimate of drug-likeness (QED) is 0.837. The predicted molar refractivity (Wildman–Crippen MR) is 80.3 cm³/mol. The molecular formula is C15H25NO2S. The summed E-state index contributed by atoms with van der Waals surface area (Å²) in [5.74, 6) is 0.173. The zero-order chi connectivity index (χ0) is 14.5. The van der Waals surface area contributed by atoms with Crippen molar-refractivity contribution in [1.82, 2.24) is 5.32 Å². The van der Waals surface area contributed by atoms with Crippen molar-refractivity contribution in [2.24, 2.45) is 0 Å². The van der Waals surface area contributed by atoms with Gasteiger partial charge >= 0.3 is 0 Å². The highest BCUT2D eigenvalue weighted by Gasteiger charge is 2.20. The number of benzene rings is 1. The third kappa shape index (κ3) is 4.62. The van der Waals surface area contributed by atoms with Crippen LogP contribution in [0, 0.1) is 13.8 Å². The molecule has 0 fully saturated rings. The maximum absolute atomic E-state index is 12.4. The summed E-state index contributed by atoms with van der Waals surface area (Å²) in [6.07, 6.45) is 1.84. The molecule has 0 aromatic heterocycles. The van der Waals surface area contributed by atoms with Crippen molar-refractivity contribution in [1.29, 1.82) is 0 Å². The largest absolute Gasteiger partial charge is 0.313 e. The molecule has 0 radical (unpaired) electrons. The van der Waals surface area contributed by atoms with E-state index in [9.17, 15) is 8.42 Å². The van der Waals surface area contributed by atoms with E-state index in [2.05, 4.69) is 12.2 Å². The third-order valence-electron chi connectivity index (χ3n) is 3.43. The van der Waals surface area contributed by atoms with E-state index in [4.69, 9.17) is 0 Å².